The molecule has 1 amide bonds. The van der Waals surface area contributed by atoms with Crippen LogP contribution in [-0.2, 0) is 16.0 Å². The fraction of sp³-hybridized carbons (Fsp3) is 0.429. The van der Waals surface area contributed by atoms with E-state index in [2.05, 4.69) is 16.2 Å². The van der Waals surface area contributed by atoms with Crippen molar-refractivity contribution in [1.29, 1.82) is 0 Å². The third-order valence-corrected chi connectivity index (χ3v) is 3.83. The zero-order valence-corrected chi connectivity index (χ0v) is 13.4. The number of carbonyl (C=O) groups is 1. The Morgan fingerprint density at radius 3 is 2.95 bits per heavy atom. The second-order valence-electron chi connectivity index (χ2n) is 4.90. The summed E-state index contributed by atoms with van der Waals surface area (Å²) >= 11 is 10.9. The van der Waals surface area contributed by atoms with Crippen molar-refractivity contribution >= 4 is 34.8 Å². The van der Waals surface area contributed by atoms with Gasteiger partial charge in [-0.15, -0.1) is 0 Å². The molecule has 5 nitrogen and oxygen atoms in total. The average molecular weight is 346 g/mol. The van der Waals surface area contributed by atoms with Crippen LogP contribution in [-0.4, -0.2) is 30.3 Å². The van der Waals surface area contributed by atoms with E-state index >= 15 is 0 Å². The molecule has 1 saturated heterocycles. The van der Waals surface area contributed by atoms with E-state index in [-0.39, 0.29) is 28.2 Å². The number of hydrogen-bond acceptors (Lipinski definition) is 3. The Morgan fingerprint density at radius 2 is 2.27 bits per heavy atom. The van der Waals surface area contributed by atoms with Gasteiger partial charge in [-0.3, -0.25) is 15.6 Å². The molecule has 0 aromatic heterocycles. The number of amides is 1. The maximum Gasteiger partial charge on any atom is 0.242 e. The molecule has 120 valence electrons. The van der Waals surface area contributed by atoms with E-state index in [1.807, 2.05) is 0 Å². The predicted molar refractivity (Wildman–Crippen MR) is 86.0 cm³/mol. The van der Waals surface area contributed by atoms with E-state index < -0.39 is 11.7 Å². The number of thiocarbonyl (C=S) groups is 1. The van der Waals surface area contributed by atoms with Gasteiger partial charge in [0, 0.05) is 23.7 Å². The Morgan fingerprint density at radius 1 is 1.45 bits per heavy atom. The summed E-state index contributed by atoms with van der Waals surface area (Å²) in [5.74, 6) is -0.949. The highest BCUT2D eigenvalue weighted by atomic mass is 35.5. The van der Waals surface area contributed by atoms with Crippen molar-refractivity contribution in [2.75, 3.05) is 13.2 Å². The van der Waals surface area contributed by atoms with Crippen LogP contribution in [0.15, 0.2) is 18.2 Å². The lowest BCUT2D eigenvalue weighted by Gasteiger charge is -2.14. The van der Waals surface area contributed by atoms with E-state index in [9.17, 15) is 9.18 Å². The minimum Gasteiger partial charge on any atom is -0.376 e. The molecular weight excluding hydrogens is 329 g/mol. The number of hydrazine groups is 1. The molecule has 1 aliphatic heterocycles. The number of nitrogens with one attached hydrogen (secondary N) is 3. The summed E-state index contributed by atoms with van der Waals surface area (Å²) < 4.78 is 19.0. The summed E-state index contributed by atoms with van der Waals surface area (Å²) in [6.45, 7) is 1.35. The summed E-state index contributed by atoms with van der Waals surface area (Å²) in [5.41, 5.74) is 5.12. The summed E-state index contributed by atoms with van der Waals surface area (Å²) in [6.07, 6.45) is 2.01. The second kappa shape index (κ2) is 8.26. The van der Waals surface area contributed by atoms with Crippen LogP contribution in [0.4, 0.5) is 4.39 Å². The molecule has 0 aliphatic carbocycles. The minimum absolute atomic E-state index is 0.146. The summed E-state index contributed by atoms with van der Waals surface area (Å²) in [5, 5.41) is 3.44. The van der Waals surface area contributed by atoms with Gasteiger partial charge < -0.3 is 10.1 Å². The summed E-state index contributed by atoms with van der Waals surface area (Å²) in [7, 11) is 0. The van der Waals surface area contributed by atoms with E-state index in [4.69, 9.17) is 28.6 Å². The van der Waals surface area contributed by atoms with Crippen molar-refractivity contribution in [2.45, 2.75) is 25.4 Å². The van der Waals surface area contributed by atoms with Gasteiger partial charge in [0.15, 0.2) is 5.11 Å². The molecule has 1 aliphatic rings. The highest BCUT2D eigenvalue weighted by Gasteiger charge is 2.15. The zero-order valence-electron chi connectivity index (χ0n) is 11.8. The lowest BCUT2D eigenvalue weighted by Crippen LogP contribution is -2.48. The standard InChI is InChI=1S/C14H17ClFN3O2S/c15-11-4-1-5-12(16)10(11)7-13(20)18-19-14(22)17-8-9-3-2-6-21-9/h1,4-5,9H,2-3,6-8H2,(H,18,20)(H2,17,19,22)/t9-/m0/s1. The van der Waals surface area contributed by atoms with Crippen LogP contribution in [0, 0.1) is 5.82 Å². The first-order valence-corrected chi connectivity index (χ1v) is 7.72. The van der Waals surface area contributed by atoms with Crippen LogP contribution in [0.5, 0.6) is 0 Å². The molecule has 0 saturated carbocycles. The monoisotopic (exact) mass is 345 g/mol. The van der Waals surface area contributed by atoms with Crippen LogP contribution in [0.25, 0.3) is 0 Å². The van der Waals surface area contributed by atoms with E-state index in [0.29, 0.717) is 6.54 Å². The molecule has 0 spiro atoms. The fourth-order valence-corrected chi connectivity index (χ4v) is 2.45. The summed E-state index contributed by atoms with van der Waals surface area (Å²) in [4.78, 5) is 11.8. The second-order valence-corrected chi connectivity index (χ2v) is 5.71. The molecule has 1 aromatic rings. The van der Waals surface area contributed by atoms with E-state index in [1.165, 1.54) is 18.2 Å². The van der Waals surface area contributed by atoms with Gasteiger partial charge in [0.2, 0.25) is 5.91 Å². The Hall–Kier alpha value is -1.44. The molecule has 22 heavy (non-hydrogen) atoms. The highest BCUT2D eigenvalue weighted by molar-refractivity contribution is 7.80. The molecule has 0 radical (unpaired) electrons. The molecule has 8 heteroatoms. The number of ether oxygens (including phenoxy) is 1. The molecule has 1 heterocycles. The van der Waals surface area contributed by atoms with Crippen molar-refractivity contribution in [1.82, 2.24) is 16.2 Å². The van der Waals surface area contributed by atoms with Gasteiger partial charge in [0.25, 0.3) is 0 Å². The van der Waals surface area contributed by atoms with Crippen LogP contribution in [0.3, 0.4) is 0 Å². The lowest BCUT2D eigenvalue weighted by atomic mass is 10.1. The quantitative estimate of drug-likeness (QED) is 0.572. The number of carbonyl (C=O) groups excluding carboxylic acids is 1. The molecule has 2 rings (SSSR count). The van der Waals surface area contributed by atoms with Gasteiger partial charge in [-0.05, 0) is 37.2 Å². The SMILES string of the molecule is O=C(Cc1c(F)cccc1Cl)NNC(=S)NC[C@@H]1CCCO1. The van der Waals surface area contributed by atoms with Crippen molar-refractivity contribution < 1.29 is 13.9 Å². The summed E-state index contributed by atoms with van der Waals surface area (Å²) in [6, 6.07) is 4.28. The lowest BCUT2D eigenvalue weighted by molar-refractivity contribution is -0.121. The van der Waals surface area contributed by atoms with E-state index in [1.54, 1.807) is 0 Å². The van der Waals surface area contributed by atoms with Crippen molar-refractivity contribution in [2.24, 2.45) is 0 Å². The average Bonchev–Trinajstić information content (AvgIpc) is 3.00. The molecular formula is C14H17ClFN3O2S. The van der Waals surface area contributed by atoms with Gasteiger partial charge >= 0.3 is 0 Å². The fourth-order valence-electron chi connectivity index (χ4n) is 2.09. The highest BCUT2D eigenvalue weighted by Crippen LogP contribution is 2.19. The molecule has 0 bridgehead atoms. The zero-order chi connectivity index (χ0) is 15.9. The van der Waals surface area contributed by atoms with Gasteiger partial charge in [-0.1, -0.05) is 17.7 Å². The number of rotatable bonds is 4. The maximum absolute atomic E-state index is 13.6. The molecule has 3 N–H and O–H groups in total. The molecule has 0 unspecified atom stereocenters. The van der Waals surface area contributed by atoms with Crippen molar-refractivity contribution in [3.05, 3.63) is 34.6 Å². The normalized spacial score (nSPS) is 17.1. The van der Waals surface area contributed by atoms with Gasteiger partial charge in [0.05, 0.1) is 12.5 Å². The predicted octanol–water partition coefficient (Wildman–Crippen LogP) is 1.70. The Labute approximate surface area is 138 Å². The number of benzene rings is 1. The van der Waals surface area contributed by atoms with Crippen LogP contribution >= 0.6 is 23.8 Å². The Kier molecular flexibility index (Phi) is 6.35. The Balaban J connectivity index is 1.71. The van der Waals surface area contributed by atoms with Crippen molar-refractivity contribution in [3.63, 3.8) is 0 Å². The van der Waals surface area contributed by atoms with Gasteiger partial charge in [-0.25, -0.2) is 4.39 Å². The number of halogens is 2. The Bertz CT molecular complexity index is 533. The third kappa shape index (κ3) is 5.08. The molecule has 1 fully saturated rings. The minimum atomic E-state index is -0.512. The first-order valence-electron chi connectivity index (χ1n) is 6.93. The van der Waals surface area contributed by atoms with Gasteiger partial charge in [0.1, 0.15) is 5.82 Å². The molecule has 1 atom stereocenters. The van der Waals surface area contributed by atoms with Crippen LogP contribution in [0.1, 0.15) is 18.4 Å². The molecule has 1 aromatic carbocycles. The third-order valence-electron chi connectivity index (χ3n) is 3.23. The smallest absolute Gasteiger partial charge is 0.242 e. The van der Waals surface area contributed by atoms with Crippen LogP contribution < -0.4 is 16.2 Å². The first kappa shape index (κ1) is 16.9. The van der Waals surface area contributed by atoms with E-state index in [0.717, 1.165) is 19.4 Å². The largest absolute Gasteiger partial charge is 0.376 e. The van der Waals surface area contributed by atoms with Crippen LogP contribution in [0.2, 0.25) is 5.02 Å². The maximum atomic E-state index is 13.6. The topological polar surface area (TPSA) is 62.4 Å². The first-order chi connectivity index (χ1) is 10.6. The van der Waals surface area contributed by atoms with Crippen molar-refractivity contribution in [3.8, 4) is 0 Å². The van der Waals surface area contributed by atoms with Gasteiger partial charge in [-0.2, -0.15) is 0 Å². The number of hydrogen-bond donors (Lipinski definition) is 3.